The van der Waals surface area contributed by atoms with E-state index in [-0.39, 0.29) is 5.54 Å². The number of hydrogen-bond acceptors (Lipinski definition) is 2. The summed E-state index contributed by atoms with van der Waals surface area (Å²) in [6.45, 7) is 9.02. The Balaban J connectivity index is 1.99. The van der Waals surface area contributed by atoms with Gasteiger partial charge in [0.2, 0.25) is 0 Å². The Bertz CT molecular complexity index is 400. The first-order valence-corrected chi connectivity index (χ1v) is 5.76. The Morgan fingerprint density at radius 3 is 2.19 bits per heavy atom. The maximum atomic E-state index is 8.73. The van der Waals surface area contributed by atoms with E-state index in [9.17, 15) is 0 Å². The summed E-state index contributed by atoms with van der Waals surface area (Å²) < 4.78 is 0. The molecule has 1 saturated heterocycles. The van der Waals surface area contributed by atoms with Crippen LogP contribution in [-0.2, 0) is 0 Å². The lowest BCUT2D eigenvalue weighted by molar-refractivity contribution is 0.0470. The average Bonchev–Trinajstić information content (AvgIpc) is 2.14. The molecule has 16 heavy (non-hydrogen) atoms. The summed E-state index contributed by atoms with van der Waals surface area (Å²) in [7, 11) is 0. The van der Waals surface area contributed by atoms with Crippen molar-refractivity contribution < 1.29 is 0 Å². The second-order valence-corrected chi connectivity index (χ2v) is 5.51. The van der Waals surface area contributed by atoms with E-state index in [1.807, 2.05) is 12.1 Å². The summed E-state index contributed by atoms with van der Waals surface area (Å²) in [6, 6.07) is 10.1. The third-order valence-corrected chi connectivity index (χ3v) is 3.34. The van der Waals surface area contributed by atoms with Gasteiger partial charge >= 0.3 is 0 Å². The summed E-state index contributed by atoms with van der Waals surface area (Å²) in [4.78, 5) is 2.48. The van der Waals surface area contributed by atoms with Crippen molar-refractivity contribution in [2.45, 2.75) is 32.2 Å². The largest absolute Gasteiger partial charge is 0.297 e. The summed E-state index contributed by atoms with van der Waals surface area (Å²) in [5, 5.41) is 8.73. The van der Waals surface area contributed by atoms with Gasteiger partial charge in [-0.25, -0.2) is 0 Å². The molecule has 0 bridgehead atoms. The van der Waals surface area contributed by atoms with E-state index in [1.54, 1.807) is 0 Å². The lowest BCUT2D eigenvalue weighted by Gasteiger charge is -2.48. The molecule has 1 aromatic carbocycles. The molecule has 1 aromatic rings. The van der Waals surface area contributed by atoms with Gasteiger partial charge in [-0.3, -0.25) is 4.90 Å². The van der Waals surface area contributed by atoms with Gasteiger partial charge < -0.3 is 0 Å². The Morgan fingerprint density at radius 2 is 1.75 bits per heavy atom. The molecule has 2 rings (SSSR count). The summed E-state index contributed by atoms with van der Waals surface area (Å²) >= 11 is 0. The Labute approximate surface area is 97.5 Å². The van der Waals surface area contributed by atoms with Crippen LogP contribution in [0, 0.1) is 11.3 Å². The Kier molecular flexibility index (Phi) is 2.73. The fourth-order valence-electron chi connectivity index (χ4n) is 2.07. The maximum absolute atomic E-state index is 8.73. The van der Waals surface area contributed by atoms with Gasteiger partial charge in [-0.05, 0) is 38.5 Å². The summed E-state index contributed by atoms with van der Waals surface area (Å²) in [5.74, 6) is 0.645. The molecule has 84 valence electrons. The predicted molar refractivity (Wildman–Crippen MR) is 65.2 cm³/mol. The van der Waals surface area contributed by atoms with Gasteiger partial charge in [0.05, 0.1) is 11.6 Å². The zero-order chi connectivity index (χ0) is 11.8. The van der Waals surface area contributed by atoms with Gasteiger partial charge in [0, 0.05) is 24.5 Å². The molecule has 0 amide bonds. The third-order valence-electron chi connectivity index (χ3n) is 3.34. The van der Waals surface area contributed by atoms with Crippen LogP contribution in [0.4, 0.5) is 0 Å². The minimum absolute atomic E-state index is 0.281. The Morgan fingerprint density at radius 1 is 1.19 bits per heavy atom. The van der Waals surface area contributed by atoms with Gasteiger partial charge in [-0.15, -0.1) is 0 Å². The molecule has 2 nitrogen and oxygen atoms in total. The molecular weight excluding hydrogens is 196 g/mol. The van der Waals surface area contributed by atoms with Crippen molar-refractivity contribution in [3.05, 3.63) is 35.4 Å². The SMILES string of the molecule is CC(C)(C)N1CC(c2ccc(C#N)cc2)C1. The normalized spacial score (nSPS) is 17.9. The third kappa shape index (κ3) is 2.10. The van der Waals surface area contributed by atoms with Crippen LogP contribution in [0.15, 0.2) is 24.3 Å². The minimum atomic E-state index is 0.281. The van der Waals surface area contributed by atoms with Crippen LogP contribution in [-0.4, -0.2) is 23.5 Å². The lowest BCUT2D eigenvalue weighted by Crippen LogP contribution is -2.54. The molecule has 1 aliphatic heterocycles. The van der Waals surface area contributed by atoms with E-state index < -0.39 is 0 Å². The molecule has 0 aromatic heterocycles. The number of nitriles is 1. The summed E-state index contributed by atoms with van der Waals surface area (Å²) in [6.07, 6.45) is 0. The quantitative estimate of drug-likeness (QED) is 0.718. The van der Waals surface area contributed by atoms with E-state index >= 15 is 0 Å². The first kappa shape index (κ1) is 11.2. The van der Waals surface area contributed by atoms with Gasteiger partial charge in [0.15, 0.2) is 0 Å². The van der Waals surface area contributed by atoms with Gasteiger partial charge in [0.1, 0.15) is 0 Å². The molecule has 1 heterocycles. The molecule has 0 aliphatic carbocycles. The van der Waals surface area contributed by atoms with Gasteiger partial charge in [-0.1, -0.05) is 12.1 Å². The highest BCUT2D eigenvalue weighted by atomic mass is 15.2. The molecule has 1 fully saturated rings. The molecule has 1 aliphatic rings. The van der Waals surface area contributed by atoms with E-state index in [0.29, 0.717) is 5.92 Å². The number of rotatable bonds is 1. The standard InChI is InChI=1S/C14H18N2/c1-14(2,3)16-9-13(10-16)12-6-4-11(8-15)5-7-12/h4-7,13H,9-10H2,1-3H3. The smallest absolute Gasteiger partial charge is 0.0991 e. The van der Waals surface area contributed by atoms with Crippen molar-refractivity contribution >= 4 is 0 Å². The minimum Gasteiger partial charge on any atom is -0.297 e. The van der Waals surface area contributed by atoms with E-state index in [2.05, 4.69) is 43.9 Å². The summed E-state index contributed by atoms with van der Waals surface area (Å²) in [5.41, 5.74) is 2.39. The number of nitrogens with zero attached hydrogens (tertiary/aromatic N) is 2. The zero-order valence-corrected chi connectivity index (χ0v) is 10.2. The van der Waals surface area contributed by atoms with Crippen LogP contribution < -0.4 is 0 Å². The number of hydrogen-bond donors (Lipinski definition) is 0. The highest BCUT2D eigenvalue weighted by molar-refractivity contribution is 5.34. The topological polar surface area (TPSA) is 27.0 Å². The van der Waals surface area contributed by atoms with E-state index in [0.717, 1.165) is 18.7 Å². The van der Waals surface area contributed by atoms with Crippen molar-refractivity contribution in [3.8, 4) is 6.07 Å². The highest BCUT2D eigenvalue weighted by Crippen LogP contribution is 2.32. The number of likely N-dealkylation sites (tertiary alicyclic amines) is 1. The molecule has 2 heteroatoms. The van der Waals surface area contributed by atoms with Crippen molar-refractivity contribution in [1.82, 2.24) is 4.90 Å². The molecule has 0 saturated carbocycles. The van der Waals surface area contributed by atoms with Crippen LogP contribution in [0.3, 0.4) is 0 Å². The molecule has 0 N–H and O–H groups in total. The fraction of sp³-hybridized carbons (Fsp3) is 0.500. The van der Waals surface area contributed by atoms with Crippen molar-refractivity contribution in [2.75, 3.05) is 13.1 Å². The van der Waals surface area contributed by atoms with Crippen molar-refractivity contribution in [1.29, 1.82) is 5.26 Å². The molecule has 0 spiro atoms. The molecule has 0 unspecified atom stereocenters. The lowest BCUT2D eigenvalue weighted by atomic mass is 9.87. The first-order valence-electron chi connectivity index (χ1n) is 5.76. The predicted octanol–water partition coefficient (Wildman–Crippen LogP) is 2.76. The highest BCUT2D eigenvalue weighted by Gasteiger charge is 2.34. The van der Waals surface area contributed by atoms with Gasteiger partial charge in [-0.2, -0.15) is 5.26 Å². The Hall–Kier alpha value is -1.33. The van der Waals surface area contributed by atoms with Crippen LogP contribution in [0.1, 0.15) is 37.8 Å². The van der Waals surface area contributed by atoms with Crippen molar-refractivity contribution in [3.63, 3.8) is 0 Å². The van der Waals surface area contributed by atoms with Crippen LogP contribution in [0.5, 0.6) is 0 Å². The maximum Gasteiger partial charge on any atom is 0.0991 e. The van der Waals surface area contributed by atoms with Crippen LogP contribution in [0.25, 0.3) is 0 Å². The van der Waals surface area contributed by atoms with Crippen LogP contribution >= 0.6 is 0 Å². The fourth-order valence-corrected chi connectivity index (χ4v) is 2.07. The van der Waals surface area contributed by atoms with E-state index in [1.165, 1.54) is 5.56 Å². The average molecular weight is 214 g/mol. The second-order valence-electron chi connectivity index (χ2n) is 5.51. The van der Waals surface area contributed by atoms with Crippen molar-refractivity contribution in [2.24, 2.45) is 0 Å². The molecule has 0 radical (unpaired) electrons. The molecular formula is C14H18N2. The van der Waals surface area contributed by atoms with E-state index in [4.69, 9.17) is 5.26 Å². The zero-order valence-electron chi connectivity index (χ0n) is 10.2. The van der Waals surface area contributed by atoms with Gasteiger partial charge in [0.25, 0.3) is 0 Å². The van der Waals surface area contributed by atoms with Crippen LogP contribution in [0.2, 0.25) is 0 Å². The molecule has 0 atom stereocenters. The first-order chi connectivity index (χ1) is 7.50. The second kappa shape index (κ2) is 3.92. The monoisotopic (exact) mass is 214 g/mol. The number of benzene rings is 1.